The molecule has 0 radical (unpaired) electrons. The van der Waals surface area contributed by atoms with Gasteiger partial charge in [0.25, 0.3) is 0 Å². The Balaban J connectivity index is 1.94. The highest BCUT2D eigenvalue weighted by Crippen LogP contribution is 2.34. The molecule has 0 amide bonds. The van der Waals surface area contributed by atoms with Crippen LogP contribution in [0.3, 0.4) is 0 Å². The van der Waals surface area contributed by atoms with Gasteiger partial charge in [-0.3, -0.25) is 4.98 Å². The van der Waals surface area contributed by atoms with Crippen LogP contribution in [0.1, 0.15) is 23.7 Å². The maximum absolute atomic E-state index is 6.30. The van der Waals surface area contributed by atoms with E-state index in [9.17, 15) is 0 Å². The monoisotopic (exact) mass is 334 g/mol. The maximum atomic E-state index is 6.30. The standard InChI is InChI=1S/C15H15BrN2O2/c16-11-3-1-6-18-15(11)14(17)10-4-5-12-13(9-10)20-8-2-7-19-12/h1,3-6,9,14H,2,7-8,17H2. The molecule has 3 rings (SSSR count). The normalized spacial score (nSPS) is 15.5. The second kappa shape index (κ2) is 5.81. The summed E-state index contributed by atoms with van der Waals surface area (Å²) in [4.78, 5) is 4.34. The Bertz CT molecular complexity index is 619. The van der Waals surface area contributed by atoms with Crippen molar-refractivity contribution in [2.45, 2.75) is 12.5 Å². The van der Waals surface area contributed by atoms with Crippen LogP contribution in [0.25, 0.3) is 0 Å². The smallest absolute Gasteiger partial charge is 0.161 e. The van der Waals surface area contributed by atoms with Gasteiger partial charge in [-0.25, -0.2) is 0 Å². The van der Waals surface area contributed by atoms with Crippen molar-refractivity contribution in [1.29, 1.82) is 0 Å². The summed E-state index contributed by atoms with van der Waals surface area (Å²) in [7, 11) is 0. The minimum Gasteiger partial charge on any atom is -0.490 e. The summed E-state index contributed by atoms with van der Waals surface area (Å²) in [5.41, 5.74) is 8.06. The van der Waals surface area contributed by atoms with Crippen molar-refractivity contribution in [3.05, 3.63) is 52.3 Å². The lowest BCUT2D eigenvalue weighted by molar-refractivity contribution is 0.297. The molecule has 104 valence electrons. The van der Waals surface area contributed by atoms with Crippen LogP contribution in [0.4, 0.5) is 0 Å². The number of hydrogen-bond acceptors (Lipinski definition) is 4. The minimum atomic E-state index is -0.303. The fourth-order valence-corrected chi connectivity index (χ4v) is 2.66. The van der Waals surface area contributed by atoms with E-state index in [1.807, 2.05) is 30.3 Å². The predicted molar refractivity (Wildman–Crippen MR) is 80.0 cm³/mol. The van der Waals surface area contributed by atoms with Gasteiger partial charge in [-0.2, -0.15) is 0 Å². The molecule has 2 N–H and O–H groups in total. The molecule has 2 aromatic rings. The van der Waals surface area contributed by atoms with Gasteiger partial charge in [0.1, 0.15) is 0 Å². The summed E-state index contributed by atoms with van der Waals surface area (Å²) in [6.45, 7) is 1.35. The zero-order valence-electron chi connectivity index (χ0n) is 10.9. The average molecular weight is 335 g/mol. The molecule has 1 atom stereocenters. The van der Waals surface area contributed by atoms with Gasteiger partial charge in [-0.05, 0) is 45.8 Å². The Kier molecular flexibility index (Phi) is 3.89. The van der Waals surface area contributed by atoms with Crippen molar-refractivity contribution >= 4 is 15.9 Å². The zero-order valence-corrected chi connectivity index (χ0v) is 12.5. The Hall–Kier alpha value is -1.59. The summed E-state index contributed by atoms with van der Waals surface area (Å²) in [5.74, 6) is 1.53. The quantitative estimate of drug-likeness (QED) is 0.916. The van der Waals surface area contributed by atoms with E-state index in [1.54, 1.807) is 6.20 Å². The molecule has 0 bridgehead atoms. The van der Waals surface area contributed by atoms with Crippen LogP contribution in [-0.2, 0) is 0 Å². The van der Waals surface area contributed by atoms with Gasteiger partial charge < -0.3 is 15.2 Å². The number of aromatic nitrogens is 1. The van der Waals surface area contributed by atoms with E-state index in [0.29, 0.717) is 13.2 Å². The first kappa shape index (κ1) is 13.4. The van der Waals surface area contributed by atoms with Crippen LogP contribution in [0.5, 0.6) is 11.5 Å². The first-order valence-corrected chi connectivity index (χ1v) is 7.30. The molecule has 4 nitrogen and oxygen atoms in total. The van der Waals surface area contributed by atoms with Crippen molar-refractivity contribution in [2.24, 2.45) is 5.73 Å². The average Bonchev–Trinajstić information content (AvgIpc) is 2.71. The summed E-state index contributed by atoms with van der Waals surface area (Å²) < 4.78 is 12.2. The highest BCUT2D eigenvalue weighted by atomic mass is 79.9. The van der Waals surface area contributed by atoms with Crippen LogP contribution in [0.15, 0.2) is 41.0 Å². The first-order valence-electron chi connectivity index (χ1n) is 6.51. The molecule has 1 aromatic heterocycles. The van der Waals surface area contributed by atoms with Crippen LogP contribution in [0, 0.1) is 0 Å². The lowest BCUT2D eigenvalue weighted by Gasteiger charge is -2.15. The highest BCUT2D eigenvalue weighted by Gasteiger charge is 2.17. The Morgan fingerprint density at radius 3 is 2.75 bits per heavy atom. The molecule has 5 heteroatoms. The second-order valence-electron chi connectivity index (χ2n) is 4.60. The SMILES string of the molecule is NC(c1ccc2c(c1)OCCCO2)c1ncccc1Br. The van der Waals surface area contributed by atoms with Crippen molar-refractivity contribution < 1.29 is 9.47 Å². The number of benzene rings is 1. The molecule has 0 spiro atoms. The molecule has 1 unspecified atom stereocenters. The van der Waals surface area contributed by atoms with E-state index in [1.165, 1.54) is 0 Å². The number of hydrogen-bond donors (Lipinski definition) is 1. The van der Waals surface area contributed by atoms with Crippen LogP contribution >= 0.6 is 15.9 Å². The molecule has 0 saturated carbocycles. The molecule has 2 heterocycles. The molecule has 1 aliphatic heterocycles. The molecule has 1 aromatic carbocycles. The van der Waals surface area contributed by atoms with Gasteiger partial charge >= 0.3 is 0 Å². The summed E-state index contributed by atoms with van der Waals surface area (Å²) >= 11 is 3.48. The number of nitrogens with zero attached hydrogens (tertiary/aromatic N) is 1. The molecule has 0 saturated heterocycles. The van der Waals surface area contributed by atoms with Crippen molar-refractivity contribution in [1.82, 2.24) is 4.98 Å². The first-order chi connectivity index (χ1) is 9.75. The highest BCUT2D eigenvalue weighted by molar-refractivity contribution is 9.10. The van der Waals surface area contributed by atoms with Gasteiger partial charge in [0.2, 0.25) is 0 Å². The summed E-state index contributed by atoms with van der Waals surface area (Å²) in [5, 5.41) is 0. The van der Waals surface area contributed by atoms with E-state index < -0.39 is 0 Å². The van der Waals surface area contributed by atoms with Crippen molar-refractivity contribution in [3.8, 4) is 11.5 Å². The topological polar surface area (TPSA) is 57.4 Å². The Morgan fingerprint density at radius 1 is 1.15 bits per heavy atom. The molecule has 0 fully saturated rings. The summed E-state index contributed by atoms with van der Waals surface area (Å²) in [6.07, 6.45) is 2.63. The summed E-state index contributed by atoms with van der Waals surface area (Å²) in [6, 6.07) is 9.31. The second-order valence-corrected chi connectivity index (χ2v) is 5.46. The third-order valence-electron chi connectivity index (χ3n) is 3.21. The molecule has 1 aliphatic rings. The Morgan fingerprint density at radius 2 is 1.95 bits per heavy atom. The fraction of sp³-hybridized carbons (Fsp3) is 0.267. The lowest BCUT2D eigenvalue weighted by atomic mass is 10.0. The number of ether oxygens (including phenoxy) is 2. The van der Waals surface area contributed by atoms with Gasteiger partial charge in [0.05, 0.1) is 24.9 Å². The minimum absolute atomic E-state index is 0.303. The third-order valence-corrected chi connectivity index (χ3v) is 3.88. The largest absolute Gasteiger partial charge is 0.490 e. The van der Waals surface area contributed by atoms with Crippen molar-refractivity contribution in [3.63, 3.8) is 0 Å². The van der Waals surface area contributed by atoms with Crippen molar-refractivity contribution in [2.75, 3.05) is 13.2 Å². The number of nitrogens with two attached hydrogens (primary N) is 1. The zero-order chi connectivity index (χ0) is 13.9. The maximum Gasteiger partial charge on any atom is 0.161 e. The van der Waals surface area contributed by atoms with E-state index >= 15 is 0 Å². The van der Waals surface area contributed by atoms with Crippen LogP contribution in [-0.4, -0.2) is 18.2 Å². The number of rotatable bonds is 2. The number of pyridine rings is 1. The van der Waals surface area contributed by atoms with E-state index in [4.69, 9.17) is 15.2 Å². The van der Waals surface area contributed by atoms with Gasteiger partial charge in [-0.15, -0.1) is 0 Å². The van der Waals surface area contributed by atoms with E-state index in [2.05, 4.69) is 20.9 Å². The van der Waals surface area contributed by atoms with Crippen LogP contribution in [0.2, 0.25) is 0 Å². The third kappa shape index (κ3) is 2.64. The molecular formula is C15H15BrN2O2. The number of fused-ring (bicyclic) bond motifs is 1. The van der Waals surface area contributed by atoms with Gasteiger partial charge in [0.15, 0.2) is 11.5 Å². The molecular weight excluding hydrogens is 320 g/mol. The van der Waals surface area contributed by atoms with E-state index in [0.717, 1.165) is 33.6 Å². The molecule has 20 heavy (non-hydrogen) atoms. The van der Waals surface area contributed by atoms with Gasteiger partial charge in [0, 0.05) is 17.1 Å². The molecule has 0 aliphatic carbocycles. The number of halogens is 1. The fourth-order valence-electron chi connectivity index (χ4n) is 2.16. The Labute approximate surface area is 126 Å². The van der Waals surface area contributed by atoms with Gasteiger partial charge in [-0.1, -0.05) is 6.07 Å². The predicted octanol–water partition coefficient (Wildman–Crippen LogP) is 3.05. The van der Waals surface area contributed by atoms with Crippen LogP contribution < -0.4 is 15.2 Å². The van der Waals surface area contributed by atoms with E-state index in [-0.39, 0.29) is 6.04 Å². The lowest BCUT2D eigenvalue weighted by Crippen LogP contribution is -2.14.